The SMILES string of the molecule is NC1CCCC2(CCN(c3cc(-c4ccc(F)cc4)ncn3)C2=O)C1. The van der Waals surface area contributed by atoms with E-state index in [9.17, 15) is 9.18 Å². The predicted octanol–water partition coefficient (Wildman–Crippen LogP) is 2.91. The molecule has 2 atom stereocenters. The van der Waals surface area contributed by atoms with Crippen molar-refractivity contribution in [3.63, 3.8) is 0 Å². The number of rotatable bonds is 2. The summed E-state index contributed by atoms with van der Waals surface area (Å²) in [7, 11) is 0. The van der Waals surface area contributed by atoms with Gasteiger partial charge in [-0.3, -0.25) is 9.69 Å². The van der Waals surface area contributed by atoms with E-state index in [0.717, 1.165) is 37.7 Å². The van der Waals surface area contributed by atoms with Crippen molar-refractivity contribution >= 4 is 11.7 Å². The van der Waals surface area contributed by atoms with Gasteiger partial charge in [-0.2, -0.15) is 0 Å². The average molecular weight is 340 g/mol. The maximum absolute atomic E-state index is 13.1. The molecule has 1 saturated carbocycles. The van der Waals surface area contributed by atoms with Crippen molar-refractivity contribution in [2.75, 3.05) is 11.4 Å². The summed E-state index contributed by atoms with van der Waals surface area (Å²) in [5.74, 6) is 0.449. The zero-order valence-electron chi connectivity index (χ0n) is 14.0. The minimum Gasteiger partial charge on any atom is -0.328 e. The molecule has 2 heterocycles. The van der Waals surface area contributed by atoms with Crippen LogP contribution in [0.15, 0.2) is 36.7 Å². The molecule has 6 heteroatoms. The number of hydrogen-bond acceptors (Lipinski definition) is 4. The number of carbonyl (C=O) groups is 1. The number of halogens is 1. The van der Waals surface area contributed by atoms with Gasteiger partial charge in [0.25, 0.3) is 0 Å². The second kappa shape index (κ2) is 6.19. The van der Waals surface area contributed by atoms with Crippen LogP contribution in [0.1, 0.15) is 32.1 Å². The van der Waals surface area contributed by atoms with E-state index in [4.69, 9.17) is 5.73 Å². The third kappa shape index (κ3) is 2.91. The number of carbonyl (C=O) groups excluding carboxylic acids is 1. The number of aromatic nitrogens is 2. The van der Waals surface area contributed by atoms with Gasteiger partial charge in [0.15, 0.2) is 0 Å². The molecule has 1 amide bonds. The van der Waals surface area contributed by atoms with Crippen LogP contribution in [-0.4, -0.2) is 28.5 Å². The van der Waals surface area contributed by atoms with Crippen LogP contribution < -0.4 is 10.6 Å². The molecule has 2 N–H and O–H groups in total. The molecule has 25 heavy (non-hydrogen) atoms. The van der Waals surface area contributed by atoms with Crippen LogP contribution in [-0.2, 0) is 4.79 Å². The van der Waals surface area contributed by atoms with Crippen molar-refractivity contribution in [2.45, 2.75) is 38.1 Å². The third-order valence-electron chi connectivity index (χ3n) is 5.47. The molecule has 2 aliphatic rings. The molecule has 1 spiro atoms. The van der Waals surface area contributed by atoms with E-state index in [1.807, 2.05) is 0 Å². The van der Waals surface area contributed by atoms with Crippen molar-refractivity contribution in [3.8, 4) is 11.3 Å². The van der Waals surface area contributed by atoms with Gasteiger partial charge >= 0.3 is 0 Å². The lowest BCUT2D eigenvalue weighted by atomic mass is 9.71. The standard InChI is InChI=1S/C19H21FN4O/c20-14-5-3-13(4-6-14)16-10-17(23-12-22-16)24-9-8-19(18(24)25)7-1-2-15(21)11-19/h3-6,10,12,15H,1-2,7-9,11,21H2. The molecule has 2 fully saturated rings. The molecule has 1 aromatic heterocycles. The van der Waals surface area contributed by atoms with Gasteiger partial charge in [-0.15, -0.1) is 0 Å². The zero-order chi connectivity index (χ0) is 17.4. The highest BCUT2D eigenvalue weighted by molar-refractivity contribution is 5.99. The maximum atomic E-state index is 13.1. The smallest absolute Gasteiger partial charge is 0.234 e. The van der Waals surface area contributed by atoms with Gasteiger partial charge in [0.2, 0.25) is 5.91 Å². The zero-order valence-corrected chi connectivity index (χ0v) is 14.0. The van der Waals surface area contributed by atoms with Crippen LogP contribution >= 0.6 is 0 Å². The van der Waals surface area contributed by atoms with Gasteiger partial charge in [-0.25, -0.2) is 14.4 Å². The lowest BCUT2D eigenvalue weighted by Gasteiger charge is -2.34. The number of amides is 1. The fraction of sp³-hybridized carbons (Fsp3) is 0.421. The van der Waals surface area contributed by atoms with Crippen molar-refractivity contribution in [1.29, 1.82) is 0 Å². The van der Waals surface area contributed by atoms with Gasteiger partial charge < -0.3 is 5.73 Å². The van der Waals surface area contributed by atoms with Crippen LogP contribution in [0.3, 0.4) is 0 Å². The maximum Gasteiger partial charge on any atom is 0.234 e. The van der Waals surface area contributed by atoms with Crippen molar-refractivity contribution < 1.29 is 9.18 Å². The van der Waals surface area contributed by atoms with Crippen molar-refractivity contribution in [3.05, 3.63) is 42.5 Å². The summed E-state index contributed by atoms with van der Waals surface area (Å²) in [6.45, 7) is 0.658. The summed E-state index contributed by atoms with van der Waals surface area (Å²) in [4.78, 5) is 23.4. The molecule has 1 aliphatic heterocycles. The van der Waals surface area contributed by atoms with Gasteiger partial charge in [0.1, 0.15) is 18.0 Å². The molecule has 130 valence electrons. The first-order valence-electron chi connectivity index (χ1n) is 8.73. The topological polar surface area (TPSA) is 72.1 Å². The second-order valence-corrected chi connectivity index (χ2v) is 7.11. The Kier molecular flexibility index (Phi) is 4.00. The van der Waals surface area contributed by atoms with E-state index in [1.165, 1.54) is 18.5 Å². The van der Waals surface area contributed by atoms with Crippen LogP contribution in [0.25, 0.3) is 11.3 Å². The summed E-state index contributed by atoms with van der Waals surface area (Å²) in [6, 6.07) is 8.06. The molecule has 0 bridgehead atoms. The number of benzene rings is 1. The fourth-order valence-corrected chi connectivity index (χ4v) is 4.14. The van der Waals surface area contributed by atoms with E-state index >= 15 is 0 Å². The Balaban J connectivity index is 1.61. The molecule has 0 radical (unpaired) electrons. The molecule has 2 unspecified atom stereocenters. The van der Waals surface area contributed by atoms with Crippen LogP contribution in [0, 0.1) is 11.2 Å². The second-order valence-electron chi connectivity index (χ2n) is 7.11. The van der Waals surface area contributed by atoms with Gasteiger partial charge in [-0.05, 0) is 49.9 Å². The number of nitrogens with two attached hydrogens (primary N) is 1. The summed E-state index contributed by atoms with van der Waals surface area (Å²) < 4.78 is 13.1. The minimum atomic E-state index is -0.321. The third-order valence-corrected chi connectivity index (χ3v) is 5.47. The molecule has 1 aromatic carbocycles. The fourth-order valence-electron chi connectivity index (χ4n) is 4.14. The molecule has 1 aliphatic carbocycles. The Hall–Kier alpha value is -2.34. The first-order chi connectivity index (χ1) is 12.1. The Morgan fingerprint density at radius 1 is 1.20 bits per heavy atom. The Morgan fingerprint density at radius 3 is 2.76 bits per heavy atom. The lowest BCUT2D eigenvalue weighted by Crippen LogP contribution is -2.42. The predicted molar refractivity (Wildman–Crippen MR) is 93.3 cm³/mol. The van der Waals surface area contributed by atoms with Gasteiger partial charge in [-0.1, -0.05) is 6.42 Å². The normalized spacial score (nSPS) is 26.4. The van der Waals surface area contributed by atoms with E-state index in [0.29, 0.717) is 18.1 Å². The summed E-state index contributed by atoms with van der Waals surface area (Å²) in [6.07, 6.45) is 5.96. The molecule has 4 rings (SSSR count). The highest BCUT2D eigenvalue weighted by atomic mass is 19.1. The summed E-state index contributed by atoms with van der Waals surface area (Å²) in [5, 5.41) is 0. The Labute approximate surface area is 146 Å². The van der Waals surface area contributed by atoms with Crippen LogP contribution in [0.5, 0.6) is 0 Å². The van der Waals surface area contributed by atoms with Crippen molar-refractivity contribution in [2.24, 2.45) is 11.1 Å². The van der Waals surface area contributed by atoms with E-state index in [1.54, 1.807) is 23.1 Å². The first-order valence-corrected chi connectivity index (χ1v) is 8.73. The Bertz CT molecular complexity index is 794. The molecular formula is C19H21FN4O. The molecule has 5 nitrogen and oxygen atoms in total. The summed E-state index contributed by atoms with van der Waals surface area (Å²) >= 11 is 0. The average Bonchev–Trinajstić information content (AvgIpc) is 2.92. The largest absolute Gasteiger partial charge is 0.328 e. The quantitative estimate of drug-likeness (QED) is 0.912. The van der Waals surface area contributed by atoms with Gasteiger partial charge in [0, 0.05) is 24.2 Å². The highest BCUT2D eigenvalue weighted by Gasteiger charge is 2.49. The number of anilines is 1. The van der Waals surface area contributed by atoms with E-state index in [2.05, 4.69) is 9.97 Å². The number of nitrogens with zero attached hydrogens (tertiary/aromatic N) is 3. The van der Waals surface area contributed by atoms with Crippen LogP contribution in [0.2, 0.25) is 0 Å². The monoisotopic (exact) mass is 340 g/mol. The molecular weight excluding hydrogens is 319 g/mol. The number of hydrogen-bond donors (Lipinski definition) is 1. The highest BCUT2D eigenvalue weighted by Crippen LogP contribution is 2.45. The molecule has 2 aromatic rings. The Morgan fingerprint density at radius 2 is 2.00 bits per heavy atom. The summed E-state index contributed by atoms with van der Waals surface area (Å²) in [5.41, 5.74) is 7.28. The van der Waals surface area contributed by atoms with Gasteiger partial charge in [0.05, 0.1) is 11.1 Å². The van der Waals surface area contributed by atoms with Crippen LogP contribution in [0.4, 0.5) is 10.2 Å². The molecule has 1 saturated heterocycles. The van der Waals surface area contributed by atoms with E-state index < -0.39 is 0 Å². The van der Waals surface area contributed by atoms with Crippen molar-refractivity contribution in [1.82, 2.24) is 9.97 Å². The first kappa shape index (κ1) is 16.1. The lowest BCUT2D eigenvalue weighted by molar-refractivity contribution is -0.127. The van der Waals surface area contributed by atoms with E-state index in [-0.39, 0.29) is 23.2 Å². The minimum absolute atomic E-state index is 0.109.